The topological polar surface area (TPSA) is 106 Å². The summed E-state index contributed by atoms with van der Waals surface area (Å²) in [7, 11) is 0. The molecule has 0 saturated carbocycles. The van der Waals surface area contributed by atoms with Gasteiger partial charge < -0.3 is 21.3 Å². The Hall–Kier alpha value is -2.15. The fourth-order valence-electron chi connectivity index (χ4n) is 2.41. The molecule has 0 radical (unpaired) electrons. The largest absolute Gasteiger partial charge is 0.365 e. The van der Waals surface area contributed by atoms with E-state index in [0.717, 1.165) is 0 Å². The second kappa shape index (κ2) is 6.53. The first-order valence-corrected chi connectivity index (χ1v) is 7.02. The maximum atomic E-state index is 12.0. The lowest BCUT2D eigenvalue weighted by atomic mass is 10.2. The van der Waals surface area contributed by atoms with Gasteiger partial charge in [-0.2, -0.15) is 0 Å². The summed E-state index contributed by atoms with van der Waals surface area (Å²) >= 11 is 0. The van der Waals surface area contributed by atoms with Crippen molar-refractivity contribution in [2.24, 2.45) is 11.5 Å². The van der Waals surface area contributed by atoms with Gasteiger partial charge in [-0.05, 0) is 19.1 Å². The minimum Gasteiger partial charge on any atom is -0.365 e. The molecule has 21 heavy (non-hydrogen) atoms. The van der Waals surface area contributed by atoms with Gasteiger partial charge in [0.25, 0.3) is 5.91 Å². The summed E-state index contributed by atoms with van der Waals surface area (Å²) in [5.74, 6) is 0.165. The molecule has 1 saturated heterocycles. The van der Waals surface area contributed by atoms with Crippen molar-refractivity contribution >= 4 is 17.6 Å². The highest BCUT2D eigenvalue weighted by atomic mass is 16.2. The highest BCUT2D eigenvalue weighted by molar-refractivity contribution is 5.97. The summed E-state index contributed by atoms with van der Waals surface area (Å²) in [5, 5.41) is 0. The van der Waals surface area contributed by atoms with Gasteiger partial charge in [0.2, 0.25) is 5.91 Å². The third-order valence-corrected chi connectivity index (χ3v) is 3.48. The van der Waals surface area contributed by atoms with E-state index < -0.39 is 5.91 Å². The molecule has 1 aliphatic heterocycles. The fourth-order valence-corrected chi connectivity index (χ4v) is 2.41. The molecular weight excluding hydrogens is 270 g/mol. The number of nitrogens with two attached hydrogens (primary N) is 2. The van der Waals surface area contributed by atoms with Crippen LogP contribution in [-0.2, 0) is 4.79 Å². The molecule has 114 valence electrons. The number of amides is 2. The molecule has 1 aliphatic rings. The van der Waals surface area contributed by atoms with Crippen LogP contribution in [0.4, 0.5) is 5.82 Å². The van der Waals surface area contributed by atoms with Crippen LogP contribution in [0.3, 0.4) is 0 Å². The number of carbonyl (C=O) groups excluding carboxylic acids is 2. The van der Waals surface area contributed by atoms with E-state index in [-0.39, 0.29) is 11.9 Å². The molecule has 2 heterocycles. The molecule has 1 unspecified atom stereocenters. The predicted molar refractivity (Wildman–Crippen MR) is 79.8 cm³/mol. The Bertz CT molecular complexity index is 524. The van der Waals surface area contributed by atoms with Crippen molar-refractivity contribution in [1.29, 1.82) is 0 Å². The van der Waals surface area contributed by atoms with Crippen molar-refractivity contribution in [3.63, 3.8) is 0 Å². The summed E-state index contributed by atoms with van der Waals surface area (Å²) in [6.07, 6.45) is 1.99. The minimum atomic E-state index is -0.492. The maximum absolute atomic E-state index is 12.0. The summed E-state index contributed by atoms with van der Waals surface area (Å²) in [5.41, 5.74) is 11.4. The SMILES string of the molecule is CC(N)CC(=O)N1CCN(c2ncccc2C(N)=O)CC1. The number of nitrogens with zero attached hydrogens (tertiary/aromatic N) is 3. The van der Waals surface area contributed by atoms with Crippen LogP contribution in [0.25, 0.3) is 0 Å². The van der Waals surface area contributed by atoms with Gasteiger partial charge in [0.15, 0.2) is 0 Å². The minimum absolute atomic E-state index is 0.0702. The van der Waals surface area contributed by atoms with Crippen LogP contribution in [0, 0.1) is 0 Å². The number of pyridine rings is 1. The van der Waals surface area contributed by atoms with Gasteiger partial charge in [0.1, 0.15) is 5.82 Å². The van der Waals surface area contributed by atoms with Gasteiger partial charge in [-0.3, -0.25) is 9.59 Å². The zero-order chi connectivity index (χ0) is 15.4. The van der Waals surface area contributed by atoms with Crippen molar-refractivity contribution in [1.82, 2.24) is 9.88 Å². The van der Waals surface area contributed by atoms with E-state index in [9.17, 15) is 9.59 Å². The first kappa shape index (κ1) is 15.2. The summed E-state index contributed by atoms with van der Waals surface area (Å²) < 4.78 is 0. The Morgan fingerprint density at radius 2 is 2.00 bits per heavy atom. The average Bonchev–Trinajstić information content (AvgIpc) is 2.46. The van der Waals surface area contributed by atoms with E-state index in [2.05, 4.69) is 4.98 Å². The standard InChI is InChI=1S/C14H21N5O2/c1-10(15)9-12(20)18-5-7-19(8-6-18)14-11(13(16)21)3-2-4-17-14/h2-4,10H,5-9,15H2,1H3,(H2,16,21). The summed E-state index contributed by atoms with van der Waals surface area (Å²) in [4.78, 5) is 31.4. The van der Waals surface area contributed by atoms with Crippen LogP contribution >= 0.6 is 0 Å². The number of rotatable bonds is 4. The molecule has 1 aromatic heterocycles. The normalized spacial score (nSPS) is 16.7. The molecule has 7 heteroatoms. The fraction of sp³-hybridized carbons (Fsp3) is 0.500. The van der Waals surface area contributed by atoms with Crippen molar-refractivity contribution in [2.45, 2.75) is 19.4 Å². The summed E-state index contributed by atoms with van der Waals surface area (Å²) in [6.45, 7) is 4.27. The van der Waals surface area contributed by atoms with Gasteiger partial charge in [0.05, 0.1) is 5.56 Å². The molecule has 0 spiro atoms. The smallest absolute Gasteiger partial charge is 0.252 e. The molecule has 1 atom stereocenters. The van der Waals surface area contributed by atoms with Crippen LogP contribution in [0.1, 0.15) is 23.7 Å². The Labute approximate surface area is 123 Å². The molecule has 1 aromatic rings. The lowest BCUT2D eigenvalue weighted by molar-refractivity contribution is -0.131. The third-order valence-electron chi connectivity index (χ3n) is 3.48. The molecule has 1 fully saturated rings. The van der Waals surface area contributed by atoms with Crippen molar-refractivity contribution in [3.8, 4) is 0 Å². The van der Waals surface area contributed by atoms with Gasteiger partial charge >= 0.3 is 0 Å². The summed E-state index contributed by atoms with van der Waals surface area (Å²) in [6, 6.07) is 3.22. The highest BCUT2D eigenvalue weighted by Gasteiger charge is 2.24. The van der Waals surface area contributed by atoms with Gasteiger partial charge in [0, 0.05) is 44.8 Å². The lowest BCUT2D eigenvalue weighted by Crippen LogP contribution is -2.50. The van der Waals surface area contributed by atoms with E-state index in [0.29, 0.717) is 44.0 Å². The number of anilines is 1. The van der Waals surface area contributed by atoms with E-state index in [1.807, 2.05) is 11.8 Å². The molecule has 2 amide bonds. The Kier molecular flexibility index (Phi) is 4.74. The van der Waals surface area contributed by atoms with Crippen LogP contribution in [-0.4, -0.2) is 53.9 Å². The zero-order valence-corrected chi connectivity index (χ0v) is 12.2. The van der Waals surface area contributed by atoms with Crippen molar-refractivity contribution in [2.75, 3.05) is 31.1 Å². The number of hydrogen-bond donors (Lipinski definition) is 2. The molecule has 7 nitrogen and oxygen atoms in total. The number of carbonyl (C=O) groups is 2. The third kappa shape index (κ3) is 3.69. The lowest BCUT2D eigenvalue weighted by Gasteiger charge is -2.36. The van der Waals surface area contributed by atoms with Gasteiger partial charge in [-0.25, -0.2) is 4.98 Å². The molecule has 2 rings (SSSR count). The quantitative estimate of drug-likeness (QED) is 0.783. The first-order chi connectivity index (χ1) is 9.99. The number of hydrogen-bond acceptors (Lipinski definition) is 5. The Morgan fingerprint density at radius 1 is 1.33 bits per heavy atom. The average molecular weight is 291 g/mol. The van der Waals surface area contributed by atoms with E-state index in [1.54, 1.807) is 23.2 Å². The van der Waals surface area contributed by atoms with E-state index >= 15 is 0 Å². The van der Waals surface area contributed by atoms with Crippen LogP contribution in [0.5, 0.6) is 0 Å². The number of piperazine rings is 1. The zero-order valence-electron chi connectivity index (χ0n) is 12.2. The predicted octanol–water partition coefficient (Wildman–Crippen LogP) is -0.434. The number of aromatic nitrogens is 1. The molecule has 0 aliphatic carbocycles. The van der Waals surface area contributed by atoms with Crippen LogP contribution in [0.15, 0.2) is 18.3 Å². The molecular formula is C14H21N5O2. The first-order valence-electron chi connectivity index (χ1n) is 7.02. The maximum Gasteiger partial charge on any atom is 0.252 e. The molecule has 4 N–H and O–H groups in total. The van der Waals surface area contributed by atoms with Crippen molar-refractivity contribution in [3.05, 3.63) is 23.9 Å². The second-order valence-corrected chi connectivity index (χ2v) is 5.29. The van der Waals surface area contributed by atoms with E-state index in [4.69, 9.17) is 11.5 Å². The van der Waals surface area contributed by atoms with Crippen LogP contribution in [0.2, 0.25) is 0 Å². The molecule has 0 aromatic carbocycles. The second-order valence-electron chi connectivity index (χ2n) is 5.29. The number of primary amides is 1. The van der Waals surface area contributed by atoms with Crippen molar-refractivity contribution < 1.29 is 9.59 Å². The molecule has 0 bridgehead atoms. The van der Waals surface area contributed by atoms with Gasteiger partial charge in [-0.15, -0.1) is 0 Å². The van der Waals surface area contributed by atoms with Gasteiger partial charge in [-0.1, -0.05) is 0 Å². The van der Waals surface area contributed by atoms with E-state index in [1.165, 1.54) is 0 Å². The Balaban J connectivity index is 2.01. The highest BCUT2D eigenvalue weighted by Crippen LogP contribution is 2.18. The monoisotopic (exact) mass is 291 g/mol. The van der Waals surface area contributed by atoms with Crippen LogP contribution < -0.4 is 16.4 Å². The Morgan fingerprint density at radius 3 is 2.57 bits per heavy atom.